The summed E-state index contributed by atoms with van der Waals surface area (Å²) in [7, 11) is 0. The molecule has 5 aromatic rings. The van der Waals surface area contributed by atoms with Gasteiger partial charge in [-0.15, -0.1) is 0 Å². The molecule has 1 aliphatic carbocycles. The van der Waals surface area contributed by atoms with Crippen molar-refractivity contribution in [1.29, 1.82) is 0 Å². The molecule has 45 heavy (non-hydrogen) atoms. The van der Waals surface area contributed by atoms with Crippen molar-refractivity contribution in [2.45, 2.75) is 63.1 Å². The highest BCUT2D eigenvalue weighted by molar-refractivity contribution is 5.94. The number of benzene rings is 4. The summed E-state index contributed by atoms with van der Waals surface area (Å²) >= 11 is 0. The van der Waals surface area contributed by atoms with Crippen LogP contribution in [-0.4, -0.2) is 28.1 Å². The summed E-state index contributed by atoms with van der Waals surface area (Å²) in [6, 6.07) is 43.2. The highest BCUT2D eigenvalue weighted by Crippen LogP contribution is 2.63. The fourth-order valence-corrected chi connectivity index (χ4v) is 8.21. The first-order valence-corrected chi connectivity index (χ1v) is 16.3. The third-order valence-corrected chi connectivity index (χ3v) is 9.97. The lowest BCUT2D eigenvalue weighted by molar-refractivity contribution is 0.0255. The number of carbonyl (C=O) groups excluding carboxylic acids is 1. The Labute approximate surface area is 265 Å². The van der Waals surface area contributed by atoms with Crippen LogP contribution in [-0.2, 0) is 34.6 Å². The molecule has 0 bridgehead atoms. The van der Waals surface area contributed by atoms with E-state index < -0.39 is 5.54 Å². The Bertz CT molecular complexity index is 1700. The second-order valence-corrected chi connectivity index (χ2v) is 12.4. The molecule has 0 radical (unpaired) electrons. The predicted octanol–water partition coefficient (Wildman–Crippen LogP) is 7.99. The van der Waals surface area contributed by atoms with Crippen molar-refractivity contribution in [3.8, 4) is 0 Å². The lowest BCUT2D eigenvalue weighted by Gasteiger charge is -2.39. The number of rotatable bonds is 9. The van der Waals surface area contributed by atoms with Crippen LogP contribution in [0.15, 0.2) is 121 Å². The zero-order valence-corrected chi connectivity index (χ0v) is 25.6. The standard InChI is InChI=1S/C40H38N2O3/c1-2-44-39(43)36-35-32(24-15-25-34(35)45-27-28-16-7-3-8-17-28)41-26-33-37(38(36)41)42(33)40(29-18-9-4-10-19-29,30-20-11-5-12-21-30)31-22-13-6-14-23-31/h3-14,16-23,33-34,37H,2,15,24-27H2,1H3/t33-,34?,37-,42?/m0/s1. The Morgan fingerprint density at radius 2 is 1.36 bits per heavy atom. The lowest BCUT2D eigenvalue weighted by Crippen LogP contribution is -2.40. The number of aromatic nitrogens is 1. The highest BCUT2D eigenvalue weighted by atomic mass is 16.5. The van der Waals surface area contributed by atoms with Gasteiger partial charge < -0.3 is 14.0 Å². The molecule has 5 nitrogen and oxygen atoms in total. The third kappa shape index (κ3) is 4.48. The van der Waals surface area contributed by atoms with Crippen LogP contribution in [0.1, 0.15) is 81.5 Å². The maximum atomic E-state index is 14.0. The van der Waals surface area contributed by atoms with Gasteiger partial charge in [0, 0.05) is 17.8 Å². The number of hydrogen-bond donors (Lipinski definition) is 0. The number of nitrogens with zero attached hydrogens (tertiary/aromatic N) is 2. The fourth-order valence-electron chi connectivity index (χ4n) is 8.21. The second-order valence-electron chi connectivity index (χ2n) is 12.4. The molecule has 2 aliphatic heterocycles. The summed E-state index contributed by atoms with van der Waals surface area (Å²) in [5.74, 6) is -0.227. The van der Waals surface area contributed by atoms with Crippen LogP contribution in [0.5, 0.6) is 0 Å². The second kappa shape index (κ2) is 11.5. The van der Waals surface area contributed by atoms with E-state index in [9.17, 15) is 4.79 Å². The molecular formula is C40H38N2O3. The number of fused-ring (bicyclic) bond motifs is 5. The Hall–Kier alpha value is -4.45. The third-order valence-electron chi connectivity index (χ3n) is 9.97. The summed E-state index contributed by atoms with van der Waals surface area (Å²) in [6.07, 6.45) is 2.75. The van der Waals surface area contributed by atoms with Gasteiger partial charge in [-0.2, -0.15) is 0 Å². The normalized spacial score (nSPS) is 21.4. The van der Waals surface area contributed by atoms with Gasteiger partial charge in [-0.1, -0.05) is 121 Å². The summed E-state index contributed by atoms with van der Waals surface area (Å²) in [5, 5.41) is 0. The van der Waals surface area contributed by atoms with Crippen molar-refractivity contribution < 1.29 is 14.3 Å². The molecule has 4 atom stereocenters. The number of carbonyl (C=O) groups is 1. The molecule has 5 heteroatoms. The van der Waals surface area contributed by atoms with Crippen LogP contribution in [0.25, 0.3) is 0 Å². The number of hydrogen-bond acceptors (Lipinski definition) is 4. The van der Waals surface area contributed by atoms with Crippen LogP contribution < -0.4 is 0 Å². The van der Waals surface area contributed by atoms with E-state index >= 15 is 0 Å². The Morgan fingerprint density at radius 1 is 0.800 bits per heavy atom. The Balaban J connectivity index is 1.28. The molecule has 226 valence electrons. The van der Waals surface area contributed by atoms with Crippen molar-refractivity contribution in [1.82, 2.24) is 9.47 Å². The largest absolute Gasteiger partial charge is 0.462 e. The molecule has 1 aromatic heterocycles. The average Bonchev–Trinajstić information content (AvgIpc) is 3.49. The van der Waals surface area contributed by atoms with E-state index in [0.717, 1.165) is 48.2 Å². The van der Waals surface area contributed by atoms with Crippen molar-refractivity contribution in [3.05, 3.63) is 166 Å². The first-order valence-electron chi connectivity index (χ1n) is 16.3. The van der Waals surface area contributed by atoms with Crippen molar-refractivity contribution in [2.75, 3.05) is 6.61 Å². The van der Waals surface area contributed by atoms with Gasteiger partial charge in [0.15, 0.2) is 0 Å². The monoisotopic (exact) mass is 594 g/mol. The number of esters is 1. The molecule has 4 aromatic carbocycles. The van der Waals surface area contributed by atoms with Gasteiger partial charge in [0.1, 0.15) is 0 Å². The molecule has 0 amide bonds. The molecule has 3 aliphatic rings. The number of ether oxygens (including phenoxy) is 2. The lowest BCUT2D eigenvalue weighted by atomic mass is 9.76. The first kappa shape index (κ1) is 28.1. The molecule has 8 rings (SSSR count). The van der Waals surface area contributed by atoms with Crippen LogP contribution in [0, 0.1) is 0 Å². The van der Waals surface area contributed by atoms with Gasteiger partial charge in [-0.05, 0) is 48.4 Å². The maximum absolute atomic E-state index is 14.0. The minimum Gasteiger partial charge on any atom is -0.462 e. The van der Waals surface area contributed by atoms with E-state index in [1.165, 1.54) is 22.4 Å². The quantitative estimate of drug-likeness (QED) is 0.0986. The first-order chi connectivity index (χ1) is 22.2. The van der Waals surface area contributed by atoms with Crippen molar-refractivity contribution in [3.63, 3.8) is 0 Å². The SMILES string of the molecule is CCOC(=O)c1c2c(n3c1[C@@H]1[C@H](C3)N1C(c1ccccc1)(c1ccccc1)c1ccccc1)CCCC2OCc1ccccc1. The summed E-state index contributed by atoms with van der Waals surface area (Å²) in [5.41, 5.74) is 8.44. The summed E-state index contributed by atoms with van der Waals surface area (Å²) in [4.78, 5) is 16.6. The molecule has 0 spiro atoms. The average molecular weight is 595 g/mol. The van der Waals surface area contributed by atoms with Gasteiger partial charge in [0.25, 0.3) is 0 Å². The molecule has 0 saturated carbocycles. The van der Waals surface area contributed by atoms with E-state index in [2.05, 4.69) is 113 Å². The smallest absolute Gasteiger partial charge is 0.340 e. The van der Waals surface area contributed by atoms with E-state index in [0.29, 0.717) is 13.2 Å². The predicted molar refractivity (Wildman–Crippen MR) is 175 cm³/mol. The van der Waals surface area contributed by atoms with Gasteiger partial charge in [-0.25, -0.2) is 4.79 Å². The zero-order chi connectivity index (χ0) is 30.4. The van der Waals surface area contributed by atoms with Gasteiger partial charge in [0.2, 0.25) is 0 Å². The summed E-state index contributed by atoms with van der Waals surface area (Å²) in [6.45, 7) is 3.60. The molecular weight excluding hydrogens is 556 g/mol. The van der Waals surface area contributed by atoms with Crippen LogP contribution in [0.4, 0.5) is 0 Å². The molecule has 1 fully saturated rings. The van der Waals surface area contributed by atoms with E-state index in [4.69, 9.17) is 9.47 Å². The molecule has 2 unspecified atom stereocenters. The Morgan fingerprint density at radius 3 is 1.91 bits per heavy atom. The van der Waals surface area contributed by atoms with E-state index in [-0.39, 0.29) is 24.2 Å². The summed E-state index contributed by atoms with van der Waals surface area (Å²) < 4.78 is 14.9. The van der Waals surface area contributed by atoms with Crippen LogP contribution >= 0.6 is 0 Å². The molecule has 3 heterocycles. The molecule has 1 saturated heterocycles. The van der Waals surface area contributed by atoms with Gasteiger partial charge in [-0.3, -0.25) is 4.90 Å². The van der Waals surface area contributed by atoms with Crippen LogP contribution in [0.3, 0.4) is 0 Å². The fraction of sp³-hybridized carbons (Fsp3) is 0.275. The minimum absolute atomic E-state index is 0.0744. The van der Waals surface area contributed by atoms with E-state index in [1.54, 1.807) is 0 Å². The van der Waals surface area contributed by atoms with E-state index in [1.807, 2.05) is 25.1 Å². The van der Waals surface area contributed by atoms with Crippen LogP contribution in [0.2, 0.25) is 0 Å². The van der Waals surface area contributed by atoms with Gasteiger partial charge >= 0.3 is 5.97 Å². The topological polar surface area (TPSA) is 43.5 Å². The maximum Gasteiger partial charge on any atom is 0.340 e. The van der Waals surface area contributed by atoms with Crippen molar-refractivity contribution >= 4 is 5.97 Å². The Kier molecular flexibility index (Phi) is 7.16. The molecule has 0 N–H and O–H groups in total. The van der Waals surface area contributed by atoms with Crippen molar-refractivity contribution in [2.24, 2.45) is 0 Å². The van der Waals surface area contributed by atoms with Gasteiger partial charge in [0.05, 0.1) is 48.2 Å². The highest BCUT2D eigenvalue weighted by Gasteiger charge is 2.66. The zero-order valence-electron chi connectivity index (χ0n) is 25.6. The minimum atomic E-state index is -0.524.